The molecule has 1 fully saturated rings. The van der Waals surface area contributed by atoms with Gasteiger partial charge >= 0.3 is 0 Å². The lowest BCUT2D eigenvalue weighted by molar-refractivity contribution is 0.0943. The van der Waals surface area contributed by atoms with Gasteiger partial charge in [-0.1, -0.05) is 0 Å². The first kappa shape index (κ1) is 15.7. The molecule has 0 saturated carbocycles. The van der Waals surface area contributed by atoms with E-state index in [1.165, 1.54) is 19.0 Å². The first-order valence-electron chi connectivity index (χ1n) is 7.71. The Labute approximate surface area is 126 Å². The average molecular weight is 291 g/mol. The standard InChI is InChI=1S/C15H25N5O/c1-3-17-14-11-16-10-13(19-14)15(21)18-7-4-12-5-8-20(2)9-6-12/h10-12H,3-9H2,1-2H3,(H,17,19)(H,18,21). The van der Waals surface area contributed by atoms with E-state index in [1.807, 2.05) is 6.92 Å². The van der Waals surface area contributed by atoms with E-state index in [0.717, 1.165) is 32.0 Å². The number of nitrogens with zero attached hydrogens (tertiary/aromatic N) is 3. The summed E-state index contributed by atoms with van der Waals surface area (Å²) in [6.45, 7) is 5.77. The summed E-state index contributed by atoms with van der Waals surface area (Å²) in [5.41, 5.74) is 0.372. The Balaban J connectivity index is 1.75. The average Bonchev–Trinajstić information content (AvgIpc) is 2.50. The second-order valence-corrected chi connectivity index (χ2v) is 5.61. The van der Waals surface area contributed by atoms with Crippen LogP contribution in [-0.2, 0) is 0 Å². The second-order valence-electron chi connectivity index (χ2n) is 5.61. The molecule has 21 heavy (non-hydrogen) atoms. The Morgan fingerprint density at radius 3 is 2.86 bits per heavy atom. The molecule has 0 spiro atoms. The smallest absolute Gasteiger partial charge is 0.271 e. The van der Waals surface area contributed by atoms with Gasteiger partial charge in [0.05, 0.1) is 12.4 Å². The van der Waals surface area contributed by atoms with Gasteiger partial charge in [-0.15, -0.1) is 0 Å². The Hall–Kier alpha value is -1.69. The highest BCUT2D eigenvalue weighted by Gasteiger charge is 2.16. The number of rotatable bonds is 6. The van der Waals surface area contributed by atoms with E-state index >= 15 is 0 Å². The summed E-state index contributed by atoms with van der Waals surface area (Å²) in [5, 5.41) is 6.00. The highest BCUT2D eigenvalue weighted by atomic mass is 16.1. The molecule has 1 amide bonds. The van der Waals surface area contributed by atoms with Crippen molar-refractivity contribution in [3.63, 3.8) is 0 Å². The Morgan fingerprint density at radius 1 is 1.38 bits per heavy atom. The third-order valence-electron chi connectivity index (χ3n) is 3.90. The van der Waals surface area contributed by atoms with Crippen LogP contribution in [0.3, 0.4) is 0 Å². The Morgan fingerprint density at radius 2 is 2.14 bits per heavy atom. The minimum atomic E-state index is -0.143. The molecule has 6 nitrogen and oxygen atoms in total. The topological polar surface area (TPSA) is 70.2 Å². The number of nitrogens with one attached hydrogen (secondary N) is 2. The zero-order chi connectivity index (χ0) is 15.1. The molecular formula is C15H25N5O. The molecule has 0 atom stereocenters. The molecule has 1 aromatic heterocycles. The molecule has 1 saturated heterocycles. The summed E-state index contributed by atoms with van der Waals surface area (Å²) in [6.07, 6.45) is 6.62. The van der Waals surface area contributed by atoms with Crippen molar-refractivity contribution in [2.75, 3.05) is 38.5 Å². The van der Waals surface area contributed by atoms with Crippen LogP contribution in [0.4, 0.5) is 5.82 Å². The number of amides is 1. The van der Waals surface area contributed by atoms with Gasteiger partial charge in [0.1, 0.15) is 11.5 Å². The molecule has 0 bridgehead atoms. The van der Waals surface area contributed by atoms with E-state index in [4.69, 9.17) is 0 Å². The predicted molar refractivity (Wildman–Crippen MR) is 83.4 cm³/mol. The highest BCUT2D eigenvalue weighted by Crippen LogP contribution is 2.18. The molecule has 1 aromatic rings. The van der Waals surface area contributed by atoms with E-state index in [-0.39, 0.29) is 5.91 Å². The highest BCUT2D eigenvalue weighted by molar-refractivity contribution is 5.92. The van der Waals surface area contributed by atoms with Crippen molar-refractivity contribution < 1.29 is 4.79 Å². The molecule has 2 N–H and O–H groups in total. The van der Waals surface area contributed by atoms with Gasteiger partial charge in [-0.2, -0.15) is 0 Å². The van der Waals surface area contributed by atoms with Gasteiger partial charge in [-0.25, -0.2) is 4.98 Å². The fourth-order valence-electron chi connectivity index (χ4n) is 2.57. The molecule has 0 aromatic carbocycles. The minimum Gasteiger partial charge on any atom is -0.369 e. The molecule has 2 rings (SSSR count). The van der Waals surface area contributed by atoms with Crippen molar-refractivity contribution in [1.82, 2.24) is 20.2 Å². The molecule has 2 heterocycles. The number of anilines is 1. The fraction of sp³-hybridized carbons (Fsp3) is 0.667. The van der Waals surface area contributed by atoms with Crippen molar-refractivity contribution >= 4 is 11.7 Å². The van der Waals surface area contributed by atoms with Crippen molar-refractivity contribution in [1.29, 1.82) is 0 Å². The van der Waals surface area contributed by atoms with Crippen LogP contribution in [-0.4, -0.2) is 54.0 Å². The maximum absolute atomic E-state index is 12.0. The van der Waals surface area contributed by atoms with Crippen molar-refractivity contribution in [2.24, 2.45) is 5.92 Å². The fourth-order valence-corrected chi connectivity index (χ4v) is 2.57. The van der Waals surface area contributed by atoms with Crippen LogP contribution in [0.15, 0.2) is 12.4 Å². The maximum atomic E-state index is 12.0. The van der Waals surface area contributed by atoms with Gasteiger partial charge in [0.2, 0.25) is 0 Å². The van der Waals surface area contributed by atoms with Crippen molar-refractivity contribution in [3.8, 4) is 0 Å². The summed E-state index contributed by atoms with van der Waals surface area (Å²) < 4.78 is 0. The maximum Gasteiger partial charge on any atom is 0.271 e. The SMILES string of the molecule is CCNc1cncc(C(=O)NCCC2CCN(C)CC2)n1. The molecule has 0 unspecified atom stereocenters. The quantitative estimate of drug-likeness (QED) is 0.828. The summed E-state index contributed by atoms with van der Waals surface area (Å²) in [4.78, 5) is 22.7. The minimum absolute atomic E-state index is 0.143. The van der Waals surface area contributed by atoms with E-state index < -0.39 is 0 Å². The number of hydrogen-bond acceptors (Lipinski definition) is 5. The van der Waals surface area contributed by atoms with Crippen LogP contribution in [0, 0.1) is 5.92 Å². The van der Waals surface area contributed by atoms with Crippen LogP contribution in [0.5, 0.6) is 0 Å². The van der Waals surface area contributed by atoms with Gasteiger partial charge in [0.15, 0.2) is 0 Å². The molecule has 6 heteroatoms. The Bertz CT molecular complexity index is 457. The Kier molecular flexibility index (Phi) is 5.92. The summed E-state index contributed by atoms with van der Waals surface area (Å²) >= 11 is 0. The number of likely N-dealkylation sites (tertiary alicyclic amines) is 1. The van der Waals surface area contributed by atoms with Gasteiger partial charge < -0.3 is 15.5 Å². The molecule has 1 aliphatic heterocycles. The first-order valence-corrected chi connectivity index (χ1v) is 7.71. The normalized spacial score (nSPS) is 16.7. The number of piperidine rings is 1. The first-order chi connectivity index (χ1) is 10.2. The van der Waals surface area contributed by atoms with E-state index in [9.17, 15) is 4.79 Å². The van der Waals surface area contributed by atoms with Crippen LogP contribution in [0.2, 0.25) is 0 Å². The monoisotopic (exact) mass is 291 g/mol. The largest absolute Gasteiger partial charge is 0.369 e. The zero-order valence-electron chi connectivity index (χ0n) is 12.9. The molecule has 1 aliphatic rings. The summed E-state index contributed by atoms with van der Waals surface area (Å²) in [5.74, 6) is 1.22. The molecule has 0 radical (unpaired) electrons. The van der Waals surface area contributed by atoms with Crippen molar-refractivity contribution in [3.05, 3.63) is 18.1 Å². The lowest BCUT2D eigenvalue weighted by atomic mass is 9.94. The van der Waals surface area contributed by atoms with Gasteiger partial charge in [-0.3, -0.25) is 9.78 Å². The van der Waals surface area contributed by atoms with E-state index in [2.05, 4.69) is 32.5 Å². The molecule has 116 valence electrons. The summed E-state index contributed by atoms with van der Waals surface area (Å²) in [7, 11) is 2.16. The molecule has 0 aliphatic carbocycles. The van der Waals surface area contributed by atoms with Crippen molar-refractivity contribution in [2.45, 2.75) is 26.2 Å². The third-order valence-corrected chi connectivity index (χ3v) is 3.90. The summed E-state index contributed by atoms with van der Waals surface area (Å²) in [6, 6.07) is 0. The lowest BCUT2D eigenvalue weighted by Crippen LogP contribution is -2.33. The van der Waals surface area contributed by atoms with E-state index in [1.54, 1.807) is 6.20 Å². The second kappa shape index (κ2) is 7.93. The third kappa shape index (κ3) is 4.97. The number of carbonyl (C=O) groups excluding carboxylic acids is 1. The van der Waals surface area contributed by atoms with Crippen LogP contribution >= 0.6 is 0 Å². The van der Waals surface area contributed by atoms with E-state index in [0.29, 0.717) is 18.1 Å². The van der Waals surface area contributed by atoms with Gasteiger partial charge in [-0.05, 0) is 52.2 Å². The lowest BCUT2D eigenvalue weighted by Gasteiger charge is -2.28. The van der Waals surface area contributed by atoms with Crippen LogP contribution < -0.4 is 10.6 Å². The molecular weight excluding hydrogens is 266 g/mol. The number of carbonyl (C=O) groups is 1. The van der Waals surface area contributed by atoms with Crippen LogP contribution in [0.1, 0.15) is 36.7 Å². The zero-order valence-corrected chi connectivity index (χ0v) is 12.9. The number of hydrogen-bond donors (Lipinski definition) is 2. The van der Waals surface area contributed by atoms with Crippen LogP contribution in [0.25, 0.3) is 0 Å². The predicted octanol–water partition coefficient (Wildman–Crippen LogP) is 1.37. The van der Waals surface area contributed by atoms with Gasteiger partial charge in [0, 0.05) is 13.1 Å². The number of aromatic nitrogens is 2. The van der Waals surface area contributed by atoms with Gasteiger partial charge in [0.25, 0.3) is 5.91 Å².